The smallest absolute Gasteiger partial charge is 0.223 e. The number of hydrogen-bond donors (Lipinski definition) is 2. The number of nitrogens with zero attached hydrogens (tertiary/aromatic N) is 2. The molecule has 1 aromatic carbocycles. The Labute approximate surface area is 135 Å². The summed E-state index contributed by atoms with van der Waals surface area (Å²) in [6.07, 6.45) is 5.19. The van der Waals surface area contributed by atoms with Gasteiger partial charge in [0.2, 0.25) is 5.95 Å². The molecular weight excluding hydrogens is 294 g/mol. The van der Waals surface area contributed by atoms with Crippen molar-refractivity contribution in [2.24, 2.45) is 0 Å². The average molecular weight is 317 g/mol. The number of aliphatic hydroxyl groups excluding tert-OH is 1. The Bertz CT molecular complexity index is 642. The van der Waals surface area contributed by atoms with Gasteiger partial charge >= 0.3 is 0 Å². The van der Waals surface area contributed by atoms with E-state index >= 15 is 0 Å². The normalized spacial score (nSPS) is 21.3. The van der Waals surface area contributed by atoms with Crippen molar-refractivity contribution >= 4 is 16.9 Å². The molecule has 6 nitrogen and oxygen atoms in total. The van der Waals surface area contributed by atoms with Gasteiger partial charge in [-0.25, -0.2) is 9.97 Å². The fourth-order valence-electron chi connectivity index (χ4n) is 2.85. The lowest BCUT2D eigenvalue weighted by Crippen LogP contribution is -2.28. The van der Waals surface area contributed by atoms with E-state index in [9.17, 15) is 5.11 Å². The van der Waals surface area contributed by atoms with Gasteiger partial charge in [-0.1, -0.05) is 12.1 Å². The lowest BCUT2D eigenvalue weighted by molar-refractivity contribution is 0.126. The number of hydrogen-bond acceptors (Lipinski definition) is 6. The molecule has 0 aliphatic heterocycles. The van der Waals surface area contributed by atoms with E-state index in [4.69, 9.17) is 9.47 Å². The van der Waals surface area contributed by atoms with Crippen LogP contribution in [0, 0.1) is 0 Å². The second-order valence-electron chi connectivity index (χ2n) is 5.88. The van der Waals surface area contributed by atoms with E-state index in [0.29, 0.717) is 25.2 Å². The average Bonchev–Trinajstić information content (AvgIpc) is 2.57. The van der Waals surface area contributed by atoms with E-state index in [2.05, 4.69) is 15.3 Å². The standard InChI is InChI=1S/C17H23N3O3/c1-22-9-10-23-15-4-2-3-12-11-18-17(20-16(12)15)19-13-5-7-14(21)8-6-13/h2-4,11,13-14,21H,5-10H2,1H3,(H,18,19,20). The molecule has 1 saturated carbocycles. The van der Waals surface area contributed by atoms with Gasteiger partial charge in [0.05, 0.1) is 12.7 Å². The molecule has 0 radical (unpaired) electrons. The Hall–Kier alpha value is -1.92. The largest absolute Gasteiger partial charge is 0.489 e. The summed E-state index contributed by atoms with van der Waals surface area (Å²) in [4.78, 5) is 9.01. The minimum Gasteiger partial charge on any atom is -0.489 e. The second-order valence-corrected chi connectivity index (χ2v) is 5.88. The molecule has 23 heavy (non-hydrogen) atoms. The highest BCUT2D eigenvalue weighted by atomic mass is 16.5. The first kappa shape index (κ1) is 16.0. The summed E-state index contributed by atoms with van der Waals surface area (Å²) in [6, 6.07) is 6.13. The molecular formula is C17H23N3O3. The lowest BCUT2D eigenvalue weighted by Gasteiger charge is -2.26. The predicted molar refractivity (Wildman–Crippen MR) is 88.8 cm³/mol. The Balaban J connectivity index is 1.75. The first-order chi connectivity index (χ1) is 11.3. The van der Waals surface area contributed by atoms with Crippen LogP contribution in [0.15, 0.2) is 24.4 Å². The third kappa shape index (κ3) is 4.09. The number of anilines is 1. The molecule has 0 spiro atoms. The zero-order valence-electron chi connectivity index (χ0n) is 13.4. The summed E-state index contributed by atoms with van der Waals surface area (Å²) in [5, 5.41) is 13.9. The van der Waals surface area contributed by atoms with Crippen molar-refractivity contribution in [3.63, 3.8) is 0 Å². The van der Waals surface area contributed by atoms with Gasteiger partial charge in [0.1, 0.15) is 17.9 Å². The van der Waals surface area contributed by atoms with Crippen LogP contribution in [0.25, 0.3) is 10.9 Å². The molecule has 1 heterocycles. The Morgan fingerprint density at radius 2 is 2.04 bits per heavy atom. The molecule has 1 aliphatic carbocycles. The van der Waals surface area contributed by atoms with Crippen LogP contribution in [0.1, 0.15) is 25.7 Å². The van der Waals surface area contributed by atoms with Gasteiger partial charge in [0.25, 0.3) is 0 Å². The van der Waals surface area contributed by atoms with Crippen molar-refractivity contribution in [2.45, 2.75) is 37.8 Å². The fraction of sp³-hybridized carbons (Fsp3) is 0.529. The van der Waals surface area contributed by atoms with Crippen molar-refractivity contribution in [1.29, 1.82) is 0 Å². The van der Waals surface area contributed by atoms with Gasteiger partial charge in [-0.15, -0.1) is 0 Å². The SMILES string of the molecule is COCCOc1cccc2cnc(NC3CCC(O)CC3)nc12. The van der Waals surface area contributed by atoms with Gasteiger partial charge in [-0.2, -0.15) is 0 Å². The number of aliphatic hydroxyl groups is 1. The number of aromatic nitrogens is 2. The quantitative estimate of drug-likeness (QED) is 0.797. The van der Waals surface area contributed by atoms with E-state index in [1.807, 2.05) is 24.4 Å². The summed E-state index contributed by atoms with van der Waals surface area (Å²) >= 11 is 0. The molecule has 2 N–H and O–H groups in total. The van der Waals surface area contributed by atoms with Gasteiger partial charge in [-0.3, -0.25) is 0 Å². The third-order valence-corrected chi connectivity index (χ3v) is 4.15. The number of ether oxygens (including phenoxy) is 2. The van der Waals surface area contributed by atoms with Gasteiger partial charge in [0.15, 0.2) is 0 Å². The monoisotopic (exact) mass is 317 g/mol. The van der Waals surface area contributed by atoms with E-state index in [1.165, 1.54) is 0 Å². The van der Waals surface area contributed by atoms with Gasteiger partial charge < -0.3 is 19.9 Å². The molecule has 2 aromatic rings. The molecule has 1 aliphatic rings. The molecule has 1 fully saturated rings. The second kappa shape index (κ2) is 7.57. The molecule has 6 heteroatoms. The number of fused-ring (bicyclic) bond motifs is 1. The Kier molecular flexibility index (Phi) is 5.25. The minimum absolute atomic E-state index is 0.161. The lowest BCUT2D eigenvalue weighted by atomic mass is 9.93. The molecule has 1 aromatic heterocycles. The summed E-state index contributed by atoms with van der Waals surface area (Å²) < 4.78 is 10.8. The predicted octanol–water partition coefficient (Wildman–Crippen LogP) is 2.37. The molecule has 0 unspecified atom stereocenters. The number of benzene rings is 1. The summed E-state index contributed by atoms with van der Waals surface area (Å²) in [7, 11) is 1.65. The highest BCUT2D eigenvalue weighted by molar-refractivity contribution is 5.84. The molecule has 0 bridgehead atoms. The topological polar surface area (TPSA) is 76.5 Å². The highest BCUT2D eigenvalue weighted by Gasteiger charge is 2.20. The van der Waals surface area contributed by atoms with Crippen LogP contribution in [-0.4, -0.2) is 47.5 Å². The van der Waals surface area contributed by atoms with E-state index < -0.39 is 0 Å². The van der Waals surface area contributed by atoms with Crippen LogP contribution >= 0.6 is 0 Å². The van der Waals surface area contributed by atoms with E-state index in [1.54, 1.807) is 7.11 Å². The van der Waals surface area contributed by atoms with Crippen molar-refractivity contribution in [2.75, 3.05) is 25.6 Å². The first-order valence-electron chi connectivity index (χ1n) is 8.08. The summed E-state index contributed by atoms with van der Waals surface area (Å²) in [6.45, 7) is 1.03. The highest BCUT2D eigenvalue weighted by Crippen LogP contribution is 2.25. The zero-order valence-corrected chi connectivity index (χ0v) is 13.4. The van der Waals surface area contributed by atoms with Crippen LogP contribution < -0.4 is 10.1 Å². The molecule has 0 amide bonds. The maximum Gasteiger partial charge on any atom is 0.223 e. The van der Waals surface area contributed by atoms with Gasteiger partial charge in [-0.05, 0) is 31.7 Å². The van der Waals surface area contributed by atoms with E-state index in [0.717, 1.165) is 42.3 Å². The van der Waals surface area contributed by atoms with Gasteiger partial charge in [0, 0.05) is 24.7 Å². The van der Waals surface area contributed by atoms with Crippen molar-refractivity contribution in [1.82, 2.24) is 9.97 Å². The van der Waals surface area contributed by atoms with Crippen LogP contribution in [0.2, 0.25) is 0 Å². The molecule has 0 saturated heterocycles. The molecule has 0 atom stereocenters. The third-order valence-electron chi connectivity index (χ3n) is 4.15. The maximum atomic E-state index is 9.59. The van der Waals surface area contributed by atoms with Crippen LogP contribution in [0.4, 0.5) is 5.95 Å². The van der Waals surface area contributed by atoms with Crippen molar-refractivity contribution in [3.05, 3.63) is 24.4 Å². The van der Waals surface area contributed by atoms with Crippen LogP contribution in [0.5, 0.6) is 5.75 Å². The maximum absolute atomic E-state index is 9.59. The first-order valence-corrected chi connectivity index (χ1v) is 8.08. The Morgan fingerprint density at radius 3 is 2.83 bits per heavy atom. The Morgan fingerprint density at radius 1 is 1.22 bits per heavy atom. The van der Waals surface area contributed by atoms with Crippen LogP contribution in [0.3, 0.4) is 0 Å². The van der Waals surface area contributed by atoms with Crippen LogP contribution in [-0.2, 0) is 4.74 Å². The molecule has 124 valence electrons. The minimum atomic E-state index is -0.161. The summed E-state index contributed by atoms with van der Waals surface area (Å²) in [5.41, 5.74) is 0.803. The van der Waals surface area contributed by atoms with E-state index in [-0.39, 0.29) is 6.10 Å². The number of rotatable bonds is 6. The van der Waals surface area contributed by atoms with Crippen molar-refractivity contribution in [3.8, 4) is 5.75 Å². The summed E-state index contributed by atoms with van der Waals surface area (Å²) in [5.74, 6) is 1.35. The number of methoxy groups -OCH3 is 1. The van der Waals surface area contributed by atoms with Crippen molar-refractivity contribution < 1.29 is 14.6 Å². The molecule has 3 rings (SSSR count). The number of para-hydroxylation sites is 1. The fourth-order valence-corrected chi connectivity index (χ4v) is 2.85. The number of nitrogens with one attached hydrogen (secondary N) is 1. The zero-order chi connectivity index (χ0) is 16.1.